The Bertz CT molecular complexity index is 497. The van der Waals surface area contributed by atoms with E-state index in [-0.39, 0.29) is 17.0 Å². The van der Waals surface area contributed by atoms with E-state index in [0.29, 0.717) is 30.2 Å². The summed E-state index contributed by atoms with van der Waals surface area (Å²) in [4.78, 5) is 28.2. The number of aromatic nitrogens is 1. The van der Waals surface area contributed by atoms with Crippen LogP contribution in [0.5, 0.6) is 0 Å². The van der Waals surface area contributed by atoms with E-state index in [9.17, 15) is 9.59 Å². The third-order valence-electron chi connectivity index (χ3n) is 3.53. The van der Waals surface area contributed by atoms with Crippen LogP contribution in [0.4, 0.5) is 0 Å². The maximum atomic E-state index is 11.8. The number of carbonyl (C=O) groups is 2. The summed E-state index contributed by atoms with van der Waals surface area (Å²) in [6.45, 7) is 2.02. The van der Waals surface area contributed by atoms with Crippen molar-refractivity contribution in [1.82, 2.24) is 15.2 Å². The van der Waals surface area contributed by atoms with Gasteiger partial charge in [0.05, 0.1) is 5.02 Å². The Morgan fingerprint density at radius 1 is 1.33 bits per heavy atom. The molecule has 0 atom stereocenters. The predicted octanol–water partition coefficient (Wildman–Crippen LogP) is 2.84. The lowest BCUT2D eigenvalue weighted by Crippen LogP contribution is -2.34. The Balaban J connectivity index is 1.71. The van der Waals surface area contributed by atoms with E-state index in [4.69, 9.17) is 23.2 Å². The zero-order valence-electron chi connectivity index (χ0n) is 11.8. The summed E-state index contributed by atoms with van der Waals surface area (Å²) in [7, 11) is 0. The minimum atomic E-state index is -0.244. The minimum absolute atomic E-state index is 0.224. The van der Waals surface area contributed by atoms with E-state index in [0.717, 1.165) is 32.2 Å². The summed E-state index contributed by atoms with van der Waals surface area (Å²) >= 11 is 11.5. The molecule has 21 heavy (non-hydrogen) atoms. The fourth-order valence-electron chi connectivity index (χ4n) is 2.37. The van der Waals surface area contributed by atoms with Crippen LogP contribution in [-0.2, 0) is 4.79 Å². The first-order chi connectivity index (χ1) is 10.1. The molecule has 2 amide bonds. The average Bonchev–Trinajstić information content (AvgIpc) is 2.67. The lowest BCUT2D eigenvalue weighted by molar-refractivity contribution is -0.130. The summed E-state index contributed by atoms with van der Waals surface area (Å²) in [6, 6.07) is 1.50. The Labute approximate surface area is 134 Å². The van der Waals surface area contributed by atoms with Gasteiger partial charge in [-0.3, -0.25) is 9.59 Å². The molecule has 2 rings (SSSR count). The number of hydrogen-bond acceptors (Lipinski definition) is 2. The van der Waals surface area contributed by atoms with Gasteiger partial charge >= 0.3 is 0 Å². The third kappa shape index (κ3) is 4.64. The van der Waals surface area contributed by atoms with Gasteiger partial charge in [0, 0.05) is 26.1 Å². The molecule has 5 nitrogen and oxygen atoms in total. The van der Waals surface area contributed by atoms with Crippen molar-refractivity contribution in [2.45, 2.75) is 32.1 Å². The fourth-order valence-corrected chi connectivity index (χ4v) is 2.68. The lowest BCUT2D eigenvalue weighted by atomic mass is 10.2. The molecule has 2 N–H and O–H groups in total. The van der Waals surface area contributed by atoms with Crippen molar-refractivity contribution in [3.05, 3.63) is 21.9 Å². The first-order valence-electron chi connectivity index (χ1n) is 7.18. The van der Waals surface area contributed by atoms with Crippen molar-refractivity contribution in [3.63, 3.8) is 0 Å². The number of carbonyl (C=O) groups excluding carboxylic acids is 2. The first kappa shape index (κ1) is 16.2. The van der Waals surface area contributed by atoms with E-state index < -0.39 is 0 Å². The van der Waals surface area contributed by atoms with Crippen LogP contribution in [0.15, 0.2) is 6.07 Å². The molecule has 0 saturated carbocycles. The lowest BCUT2D eigenvalue weighted by Gasteiger charge is -2.20. The Kier molecular flexibility index (Phi) is 5.94. The van der Waals surface area contributed by atoms with Crippen molar-refractivity contribution in [3.8, 4) is 0 Å². The second-order valence-electron chi connectivity index (χ2n) is 5.15. The number of H-pyrrole nitrogens is 1. The van der Waals surface area contributed by atoms with Gasteiger partial charge in [0.25, 0.3) is 5.91 Å². The molecule has 1 saturated heterocycles. The summed E-state index contributed by atoms with van der Waals surface area (Å²) < 4.78 is 0. The topological polar surface area (TPSA) is 65.2 Å². The molecule has 0 radical (unpaired) electrons. The summed E-state index contributed by atoms with van der Waals surface area (Å²) in [5, 5.41) is 3.38. The highest BCUT2D eigenvalue weighted by molar-refractivity contribution is 6.41. The van der Waals surface area contributed by atoms with E-state index in [1.807, 2.05) is 4.90 Å². The number of halogens is 2. The van der Waals surface area contributed by atoms with Gasteiger partial charge in [0.2, 0.25) is 5.91 Å². The maximum absolute atomic E-state index is 11.8. The quantitative estimate of drug-likeness (QED) is 0.815. The van der Waals surface area contributed by atoms with Crippen LogP contribution in [-0.4, -0.2) is 41.3 Å². The molecule has 1 aliphatic rings. The van der Waals surface area contributed by atoms with Gasteiger partial charge < -0.3 is 15.2 Å². The minimum Gasteiger partial charge on any atom is -0.351 e. The van der Waals surface area contributed by atoms with Crippen LogP contribution >= 0.6 is 23.2 Å². The van der Waals surface area contributed by atoms with E-state index in [1.165, 1.54) is 6.07 Å². The van der Waals surface area contributed by atoms with Crippen molar-refractivity contribution in [2.24, 2.45) is 0 Å². The van der Waals surface area contributed by atoms with Gasteiger partial charge in [0.1, 0.15) is 10.8 Å². The molecular formula is C14H19Cl2N3O2. The number of hydrogen-bond donors (Lipinski definition) is 2. The second-order valence-corrected chi connectivity index (χ2v) is 5.93. The number of likely N-dealkylation sites (tertiary alicyclic amines) is 1. The predicted molar refractivity (Wildman–Crippen MR) is 82.8 cm³/mol. The maximum Gasteiger partial charge on any atom is 0.267 e. The average molecular weight is 332 g/mol. The number of amides is 2. The van der Waals surface area contributed by atoms with Crippen molar-refractivity contribution in [1.29, 1.82) is 0 Å². The van der Waals surface area contributed by atoms with Crippen LogP contribution in [0.2, 0.25) is 10.2 Å². The van der Waals surface area contributed by atoms with Gasteiger partial charge in [0.15, 0.2) is 0 Å². The van der Waals surface area contributed by atoms with E-state index in [1.54, 1.807) is 0 Å². The molecular weight excluding hydrogens is 313 g/mol. The molecule has 1 aromatic rings. The van der Waals surface area contributed by atoms with E-state index in [2.05, 4.69) is 10.3 Å². The molecule has 1 aliphatic heterocycles. The van der Waals surface area contributed by atoms with Crippen LogP contribution in [0, 0.1) is 0 Å². The summed E-state index contributed by atoms with van der Waals surface area (Å²) in [5.74, 6) is -0.0206. The summed E-state index contributed by atoms with van der Waals surface area (Å²) in [6.07, 6.45) is 4.55. The van der Waals surface area contributed by atoms with Crippen molar-refractivity contribution >= 4 is 35.0 Å². The van der Waals surface area contributed by atoms with Crippen molar-refractivity contribution < 1.29 is 9.59 Å². The zero-order chi connectivity index (χ0) is 15.2. The van der Waals surface area contributed by atoms with Gasteiger partial charge in [-0.25, -0.2) is 0 Å². The molecule has 7 heteroatoms. The Hall–Kier alpha value is -1.20. The molecule has 0 aliphatic carbocycles. The van der Waals surface area contributed by atoms with Crippen LogP contribution < -0.4 is 5.32 Å². The SMILES string of the molecule is O=C(NCCCN1CCCCCC1=O)c1cc(Cl)c(Cl)[nH]1. The molecule has 0 aromatic carbocycles. The van der Waals surface area contributed by atoms with Gasteiger partial charge in [-0.15, -0.1) is 0 Å². The first-order valence-corrected chi connectivity index (χ1v) is 7.93. The molecule has 2 heterocycles. The number of rotatable bonds is 5. The third-order valence-corrected chi connectivity index (χ3v) is 4.22. The summed E-state index contributed by atoms with van der Waals surface area (Å²) in [5.41, 5.74) is 0.343. The Morgan fingerprint density at radius 2 is 2.14 bits per heavy atom. The largest absolute Gasteiger partial charge is 0.351 e. The zero-order valence-corrected chi connectivity index (χ0v) is 13.3. The molecule has 0 spiro atoms. The van der Waals surface area contributed by atoms with Gasteiger partial charge in [-0.2, -0.15) is 0 Å². The highest BCUT2D eigenvalue weighted by atomic mass is 35.5. The standard InChI is InChI=1S/C14H19Cl2N3O2/c15-10-9-11(18-13(10)16)14(21)17-6-4-8-19-7-3-1-2-5-12(19)20/h9,18H,1-8H2,(H,17,21). The Morgan fingerprint density at radius 3 is 2.86 bits per heavy atom. The number of aromatic amines is 1. The monoisotopic (exact) mass is 331 g/mol. The second kappa shape index (κ2) is 7.71. The normalized spacial score (nSPS) is 15.9. The van der Waals surface area contributed by atoms with Gasteiger partial charge in [-0.05, 0) is 25.3 Å². The highest BCUT2D eigenvalue weighted by Crippen LogP contribution is 2.21. The highest BCUT2D eigenvalue weighted by Gasteiger charge is 2.16. The molecule has 1 aromatic heterocycles. The number of nitrogens with one attached hydrogen (secondary N) is 2. The van der Waals surface area contributed by atoms with Gasteiger partial charge in [-0.1, -0.05) is 29.6 Å². The molecule has 1 fully saturated rings. The van der Waals surface area contributed by atoms with Crippen LogP contribution in [0.1, 0.15) is 42.6 Å². The molecule has 0 bridgehead atoms. The number of nitrogens with zero attached hydrogens (tertiary/aromatic N) is 1. The van der Waals surface area contributed by atoms with Crippen molar-refractivity contribution in [2.75, 3.05) is 19.6 Å². The van der Waals surface area contributed by atoms with Crippen LogP contribution in [0.3, 0.4) is 0 Å². The van der Waals surface area contributed by atoms with E-state index >= 15 is 0 Å². The molecule has 0 unspecified atom stereocenters. The van der Waals surface area contributed by atoms with Crippen LogP contribution in [0.25, 0.3) is 0 Å². The fraction of sp³-hybridized carbons (Fsp3) is 0.571. The smallest absolute Gasteiger partial charge is 0.267 e. The molecule has 116 valence electrons.